The summed E-state index contributed by atoms with van der Waals surface area (Å²) in [5.74, 6) is -0.873. The van der Waals surface area contributed by atoms with Gasteiger partial charge in [-0.15, -0.1) is 0 Å². The van der Waals surface area contributed by atoms with Crippen LogP contribution in [0.2, 0.25) is 0 Å². The normalized spacial score (nSPS) is 24.3. The van der Waals surface area contributed by atoms with Gasteiger partial charge in [0.05, 0.1) is 5.92 Å². The number of alkyl halides is 3. The second-order valence-electron chi connectivity index (χ2n) is 5.86. The summed E-state index contributed by atoms with van der Waals surface area (Å²) < 4.78 is 38.1. The zero-order valence-electron chi connectivity index (χ0n) is 12.8. The Balaban J connectivity index is 2.13. The second kappa shape index (κ2) is 8.88. The van der Waals surface area contributed by atoms with E-state index in [1.165, 1.54) is 0 Å². The predicted octanol–water partition coefficient (Wildman–Crippen LogP) is 3.68. The quantitative estimate of drug-likeness (QED) is 0.687. The molecule has 1 fully saturated rings. The molecule has 0 saturated heterocycles. The van der Waals surface area contributed by atoms with Gasteiger partial charge in [-0.3, -0.25) is 0 Å². The van der Waals surface area contributed by atoms with Crippen LogP contribution in [0.1, 0.15) is 46.0 Å². The third-order valence-corrected chi connectivity index (χ3v) is 4.40. The molecule has 0 radical (unpaired) electrons. The van der Waals surface area contributed by atoms with Crippen molar-refractivity contribution >= 4 is 0 Å². The number of nitrogens with zero attached hydrogens (tertiary/aromatic N) is 1. The van der Waals surface area contributed by atoms with Crippen LogP contribution in [0, 0.1) is 11.8 Å². The van der Waals surface area contributed by atoms with Crippen LogP contribution in [0.3, 0.4) is 0 Å². The molecular formula is C15H29F3N2. The van der Waals surface area contributed by atoms with Gasteiger partial charge < -0.3 is 10.2 Å². The molecular weight excluding hydrogens is 265 g/mol. The van der Waals surface area contributed by atoms with Crippen molar-refractivity contribution in [2.24, 2.45) is 11.8 Å². The van der Waals surface area contributed by atoms with Gasteiger partial charge >= 0.3 is 6.18 Å². The summed E-state index contributed by atoms with van der Waals surface area (Å²) in [6.45, 7) is 9.13. The van der Waals surface area contributed by atoms with E-state index in [0.29, 0.717) is 12.8 Å². The van der Waals surface area contributed by atoms with Crippen molar-refractivity contribution in [3.05, 3.63) is 0 Å². The Morgan fingerprint density at radius 2 is 1.85 bits per heavy atom. The van der Waals surface area contributed by atoms with E-state index in [1.54, 1.807) is 0 Å². The maximum Gasteiger partial charge on any atom is 0.391 e. The minimum Gasteiger partial charge on any atom is -0.316 e. The highest BCUT2D eigenvalue weighted by Gasteiger charge is 2.41. The van der Waals surface area contributed by atoms with Gasteiger partial charge in [0.25, 0.3) is 0 Å². The Morgan fingerprint density at radius 1 is 1.15 bits per heavy atom. The first-order valence-corrected chi connectivity index (χ1v) is 7.97. The molecule has 1 saturated carbocycles. The number of halogens is 3. The van der Waals surface area contributed by atoms with Crippen LogP contribution in [0.4, 0.5) is 13.2 Å². The van der Waals surface area contributed by atoms with E-state index in [1.807, 2.05) is 0 Å². The highest BCUT2D eigenvalue weighted by atomic mass is 19.4. The van der Waals surface area contributed by atoms with Crippen LogP contribution in [-0.2, 0) is 0 Å². The lowest BCUT2D eigenvalue weighted by molar-refractivity contribution is -0.185. The zero-order chi connectivity index (χ0) is 15.0. The number of nitrogens with one attached hydrogen (secondary N) is 1. The SMILES string of the molecule is CCN(CC)CCCNCC1CCCC(C(F)(F)F)C1. The number of hydrogen-bond donors (Lipinski definition) is 1. The smallest absolute Gasteiger partial charge is 0.316 e. The van der Waals surface area contributed by atoms with E-state index < -0.39 is 12.1 Å². The summed E-state index contributed by atoms with van der Waals surface area (Å²) in [4.78, 5) is 2.36. The lowest BCUT2D eigenvalue weighted by Crippen LogP contribution is -2.34. The molecule has 0 bridgehead atoms. The van der Waals surface area contributed by atoms with Crippen molar-refractivity contribution in [1.82, 2.24) is 10.2 Å². The first-order chi connectivity index (χ1) is 9.47. The highest BCUT2D eigenvalue weighted by molar-refractivity contribution is 4.79. The van der Waals surface area contributed by atoms with Gasteiger partial charge in [0.2, 0.25) is 0 Å². The fourth-order valence-corrected chi connectivity index (χ4v) is 3.05. The first-order valence-electron chi connectivity index (χ1n) is 7.97. The molecule has 1 N–H and O–H groups in total. The van der Waals surface area contributed by atoms with Gasteiger partial charge in [0.15, 0.2) is 0 Å². The van der Waals surface area contributed by atoms with Crippen LogP contribution in [0.25, 0.3) is 0 Å². The molecule has 2 unspecified atom stereocenters. The third-order valence-electron chi connectivity index (χ3n) is 4.40. The monoisotopic (exact) mass is 294 g/mol. The first kappa shape index (κ1) is 17.8. The van der Waals surface area contributed by atoms with Crippen LogP contribution in [0.5, 0.6) is 0 Å². The second-order valence-corrected chi connectivity index (χ2v) is 5.86. The molecule has 20 heavy (non-hydrogen) atoms. The van der Waals surface area contributed by atoms with Crippen molar-refractivity contribution in [3.63, 3.8) is 0 Å². The minimum absolute atomic E-state index is 0.198. The molecule has 1 rings (SSSR count). The topological polar surface area (TPSA) is 15.3 Å². The molecule has 0 spiro atoms. The van der Waals surface area contributed by atoms with Crippen LogP contribution in [0.15, 0.2) is 0 Å². The van der Waals surface area contributed by atoms with Gasteiger partial charge in [-0.2, -0.15) is 13.2 Å². The summed E-state index contributed by atoms with van der Waals surface area (Å²) in [6, 6.07) is 0. The van der Waals surface area contributed by atoms with Crippen molar-refractivity contribution in [1.29, 1.82) is 0 Å². The number of rotatable bonds is 8. The van der Waals surface area contributed by atoms with Crippen LogP contribution < -0.4 is 5.32 Å². The van der Waals surface area contributed by atoms with Gasteiger partial charge in [-0.1, -0.05) is 20.3 Å². The largest absolute Gasteiger partial charge is 0.391 e. The summed E-state index contributed by atoms with van der Waals surface area (Å²) in [5, 5.41) is 3.34. The maximum atomic E-state index is 12.7. The fraction of sp³-hybridized carbons (Fsp3) is 1.00. The standard InChI is InChI=1S/C15H29F3N2/c1-3-20(4-2)10-6-9-19-12-13-7-5-8-14(11-13)15(16,17)18/h13-14,19H,3-12H2,1-2H3. The molecule has 0 heterocycles. The van der Waals surface area contributed by atoms with E-state index in [0.717, 1.165) is 52.0 Å². The van der Waals surface area contributed by atoms with Gasteiger partial charge in [-0.05, 0) is 64.3 Å². The molecule has 0 amide bonds. The lowest BCUT2D eigenvalue weighted by Gasteiger charge is -2.30. The van der Waals surface area contributed by atoms with Crippen molar-refractivity contribution in [3.8, 4) is 0 Å². The minimum atomic E-state index is -4.00. The molecule has 5 heteroatoms. The van der Waals surface area contributed by atoms with E-state index in [-0.39, 0.29) is 5.92 Å². The van der Waals surface area contributed by atoms with Gasteiger partial charge in [0, 0.05) is 0 Å². The Kier molecular flexibility index (Phi) is 7.88. The molecule has 0 aromatic heterocycles. The Hall–Kier alpha value is -0.290. The van der Waals surface area contributed by atoms with Crippen molar-refractivity contribution in [2.75, 3.05) is 32.7 Å². The van der Waals surface area contributed by atoms with E-state index in [9.17, 15) is 13.2 Å². The molecule has 0 aromatic rings. The molecule has 1 aliphatic rings. The summed E-state index contributed by atoms with van der Waals surface area (Å²) in [6.07, 6.45) is -0.640. The highest BCUT2D eigenvalue weighted by Crippen LogP contribution is 2.39. The Labute approximate surface area is 121 Å². The predicted molar refractivity (Wildman–Crippen MR) is 76.8 cm³/mol. The average Bonchev–Trinajstić information content (AvgIpc) is 2.42. The van der Waals surface area contributed by atoms with E-state index in [2.05, 4.69) is 24.1 Å². The van der Waals surface area contributed by atoms with E-state index >= 15 is 0 Å². The summed E-state index contributed by atoms with van der Waals surface area (Å²) in [5.41, 5.74) is 0. The lowest BCUT2D eigenvalue weighted by atomic mass is 9.81. The van der Waals surface area contributed by atoms with Gasteiger partial charge in [0.1, 0.15) is 0 Å². The van der Waals surface area contributed by atoms with Crippen molar-refractivity contribution in [2.45, 2.75) is 52.1 Å². The molecule has 2 nitrogen and oxygen atoms in total. The maximum absolute atomic E-state index is 12.7. The summed E-state index contributed by atoms with van der Waals surface area (Å²) >= 11 is 0. The van der Waals surface area contributed by atoms with E-state index in [4.69, 9.17) is 0 Å². The Morgan fingerprint density at radius 3 is 2.45 bits per heavy atom. The Bertz CT molecular complexity index is 252. The average molecular weight is 294 g/mol. The van der Waals surface area contributed by atoms with Crippen molar-refractivity contribution < 1.29 is 13.2 Å². The molecule has 0 aliphatic heterocycles. The number of hydrogen-bond acceptors (Lipinski definition) is 2. The van der Waals surface area contributed by atoms with Crippen LogP contribution in [-0.4, -0.2) is 43.8 Å². The molecule has 1 aliphatic carbocycles. The molecule has 120 valence electrons. The summed E-state index contributed by atoms with van der Waals surface area (Å²) in [7, 11) is 0. The van der Waals surface area contributed by atoms with Gasteiger partial charge in [-0.25, -0.2) is 0 Å². The zero-order valence-corrected chi connectivity index (χ0v) is 12.8. The third kappa shape index (κ3) is 6.44. The fourth-order valence-electron chi connectivity index (χ4n) is 3.05. The van der Waals surface area contributed by atoms with Crippen LogP contribution >= 0.6 is 0 Å². The molecule has 2 atom stereocenters. The molecule has 0 aromatic carbocycles.